The molecule has 0 heterocycles. The third-order valence-corrected chi connectivity index (χ3v) is 8.52. The second-order valence-electron chi connectivity index (χ2n) is 6.90. The van der Waals surface area contributed by atoms with E-state index in [0.29, 0.717) is 5.56 Å². The van der Waals surface area contributed by atoms with Gasteiger partial charge in [-0.25, -0.2) is 4.79 Å². The number of carbonyl (C=O) groups is 1. The van der Waals surface area contributed by atoms with Gasteiger partial charge in [0.05, 0.1) is 5.56 Å². The molecular formula is C17H22O3Si. The van der Waals surface area contributed by atoms with Crippen LogP contribution in [0, 0.1) is 0 Å². The lowest BCUT2D eigenvalue weighted by Gasteiger charge is -2.35. The average molecular weight is 302 g/mol. The van der Waals surface area contributed by atoms with Crippen molar-refractivity contribution < 1.29 is 14.3 Å². The Hall–Kier alpha value is -1.81. The van der Waals surface area contributed by atoms with Crippen molar-refractivity contribution in [3.63, 3.8) is 0 Å². The predicted molar refractivity (Wildman–Crippen MR) is 88.2 cm³/mol. The van der Waals surface area contributed by atoms with Gasteiger partial charge in [-0.3, -0.25) is 0 Å². The van der Waals surface area contributed by atoms with Crippen LogP contribution in [0.5, 0.6) is 5.75 Å². The summed E-state index contributed by atoms with van der Waals surface area (Å²) < 4.78 is 5.81. The topological polar surface area (TPSA) is 46.5 Å². The van der Waals surface area contributed by atoms with Crippen LogP contribution in [0.15, 0.2) is 36.4 Å². The van der Waals surface area contributed by atoms with Crippen molar-refractivity contribution in [2.45, 2.75) is 38.9 Å². The summed E-state index contributed by atoms with van der Waals surface area (Å²) in [6, 6.07) is 10.5. The molecule has 1 N–H and O–H groups in total. The fraction of sp³-hybridized carbons (Fsp3) is 0.353. The molecule has 0 aliphatic rings. The van der Waals surface area contributed by atoms with Crippen molar-refractivity contribution >= 4 is 25.1 Å². The molecule has 0 bridgehead atoms. The van der Waals surface area contributed by atoms with Gasteiger partial charge in [0.2, 0.25) is 0 Å². The van der Waals surface area contributed by atoms with E-state index in [9.17, 15) is 9.90 Å². The summed E-state index contributed by atoms with van der Waals surface area (Å²) in [5.41, 5.74) is 0.554. The second-order valence-corrected chi connectivity index (χ2v) is 11.6. The summed E-state index contributed by atoms with van der Waals surface area (Å²) >= 11 is 0. The fourth-order valence-electron chi connectivity index (χ4n) is 1.80. The van der Waals surface area contributed by atoms with Crippen molar-refractivity contribution in [2.24, 2.45) is 0 Å². The quantitative estimate of drug-likeness (QED) is 0.817. The number of hydrogen-bond donors (Lipinski definition) is 1. The Morgan fingerprint density at radius 1 is 1.05 bits per heavy atom. The number of carbonyl (C=O) groups excluding carboxylic acids is 1. The van der Waals surface area contributed by atoms with E-state index in [1.807, 2.05) is 12.1 Å². The third kappa shape index (κ3) is 3.27. The Morgan fingerprint density at radius 3 is 2.24 bits per heavy atom. The van der Waals surface area contributed by atoms with Crippen LogP contribution in [0.2, 0.25) is 18.1 Å². The Morgan fingerprint density at radius 2 is 1.62 bits per heavy atom. The van der Waals surface area contributed by atoms with E-state index in [4.69, 9.17) is 4.43 Å². The maximum absolute atomic E-state index is 12.4. The normalized spacial score (nSPS) is 12.4. The van der Waals surface area contributed by atoms with Crippen LogP contribution in [-0.2, 0) is 4.43 Å². The minimum absolute atomic E-state index is 0.00863. The second kappa shape index (κ2) is 5.19. The summed E-state index contributed by atoms with van der Waals surface area (Å²) in [4.78, 5) is 12.4. The predicted octanol–water partition coefficient (Wildman–Crippen LogP) is 4.71. The molecule has 0 amide bonds. The molecule has 2 aromatic carbocycles. The highest BCUT2D eigenvalue weighted by atomic mass is 28.4. The van der Waals surface area contributed by atoms with Crippen molar-refractivity contribution in [1.29, 1.82) is 0 Å². The number of benzene rings is 2. The van der Waals surface area contributed by atoms with Gasteiger partial charge < -0.3 is 9.53 Å². The molecule has 0 aromatic heterocycles. The van der Waals surface area contributed by atoms with Crippen LogP contribution in [0.4, 0.5) is 0 Å². The van der Waals surface area contributed by atoms with Crippen LogP contribution in [-0.4, -0.2) is 19.4 Å². The van der Waals surface area contributed by atoms with E-state index in [1.165, 1.54) is 0 Å². The number of phenols is 1. The van der Waals surface area contributed by atoms with E-state index in [2.05, 4.69) is 33.9 Å². The van der Waals surface area contributed by atoms with Gasteiger partial charge in [-0.15, -0.1) is 0 Å². The zero-order valence-electron chi connectivity index (χ0n) is 13.2. The number of hydrogen-bond acceptors (Lipinski definition) is 3. The minimum Gasteiger partial charge on any atom is -0.516 e. The first-order chi connectivity index (χ1) is 9.60. The maximum atomic E-state index is 12.4. The molecule has 0 saturated carbocycles. The number of aromatic hydroxyl groups is 1. The number of fused-ring (bicyclic) bond motifs is 1. The van der Waals surface area contributed by atoms with Crippen LogP contribution in [0.3, 0.4) is 0 Å². The average Bonchev–Trinajstić information content (AvgIpc) is 2.36. The molecule has 0 aliphatic carbocycles. The van der Waals surface area contributed by atoms with Crippen molar-refractivity contribution in [2.75, 3.05) is 0 Å². The van der Waals surface area contributed by atoms with Crippen LogP contribution in [0.1, 0.15) is 31.1 Å². The fourth-order valence-corrected chi connectivity index (χ4v) is 2.69. The van der Waals surface area contributed by atoms with Crippen LogP contribution in [0.25, 0.3) is 10.8 Å². The van der Waals surface area contributed by atoms with E-state index in [0.717, 1.165) is 10.8 Å². The molecule has 112 valence electrons. The molecule has 0 unspecified atom stereocenters. The molecule has 0 atom stereocenters. The summed E-state index contributed by atoms with van der Waals surface area (Å²) in [6.45, 7) is 10.4. The molecule has 0 fully saturated rings. The molecule has 21 heavy (non-hydrogen) atoms. The summed E-state index contributed by atoms with van der Waals surface area (Å²) in [7, 11) is -2.12. The molecular weight excluding hydrogens is 280 g/mol. The number of rotatable bonds is 2. The maximum Gasteiger partial charge on any atom is 0.324 e. The zero-order valence-corrected chi connectivity index (χ0v) is 14.2. The Labute approximate surface area is 126 Å². The van der Waals surface area contributed by atoms with E-state index in [-0.39, 0.29) is 16.8 Å². The van der Waals surface area contributed by atoms with Gasteiger partial charge >= 0.3 is 5.97 Å². The minimum atomic E-state index is -2.12. The lowest BCUT2D eigenvalue weighted by atomic mass is 10.1. The van der Waals surface area contributed by atoms with E-state index < -0.39 is 8.32 Å². The third-order valence-electron chi connectivity index (χ3n) is 4.21. The molecule has 2 aromatic rings. The van der Waals surface area contributed by atoms with Gasteiger partial charge in [0.15, 0.2) is 0 Å². The van der Waals surface area contributed by atoms with E-state index in [1.54, 1.807) is 24.3 Å². The van der Waals surface area contributed by atoms with Crippen LogP contribution >= 0.6 is 0 Å². The Balaban J connectivity index is 2.30. The van der Waals surface area contributed by atoms with Gasteiger partial charge in [-0.05, 0) is 53.2 Å². The first-order valence-electron chi connectivity index (χ1n) is 7.06. The molecule has 0 aliphatic heterocycles. The molecule has 0 spiro atoms. The van der Waals surface area contributed by atoms with Crippen LogP contribution < -0.4 is 0 Å². The largest absolute Gasteiger partial charge is 0.516 e. The highest BCUT2D eigenvalue weighted by Crippen LogP contribution is 2.37. The SMILES string of the molecule is CC(C)(C)[Si](C)(C)OC(=O)c1ccc2cc(O)ccc2c1. The first kappa shape index (κ1) is 15.6. The molecule has 2 rings (SSSR count). The molecule has 3 nitrogen and oxygen atoms in total. The van der Waals surface area contributed by atoms with Gasteiger partial charge in [0.1, 0.15) is 5.75 Å². The standard InChI is InChI=1S/C17H22O3Si/c1-17(2,3)21(4,5)20-16(19)14-7-6-13-11-15(18)9-8-12(13)10-14/h6-11,18H,1-5H3. The first-order valence-corrected chi connectivity index (χ1v) is 9.97. The van der Waals surface area contributed by atoms with E-state index >= 15 is 0 Å². The lowest BCUT2D eigenvalue weighted by molar-refractivity contribution is 0.0713. The molecule has 0 radical (unpaired) electrons. The highest BCUT2D eigenvalue weighted by molar-refractivity contribution is 6.75. The van der Waals surface area contributed by atoms with Crippen molar-refractivity contribution in [3.05, 3.63) is 42.0 Å². The van der Waals surface area contributed by atoms with Crippen molar-refractivity contribution in [3.8, 4) is 5.75 Å². The molecule has 4 heteroatoms. The number of phenolic OH excluding ortho intramolecular Hbond substituents is 1. The summed E-state index contributed by atoms with van der Waals surface area (Å²) in [6.07, 6.45) is 0. The van der Waals surface area contributed by atoms with Gasteiger partial charge in [0, 0.05) is 0 Å². The van der Waals surface area contributed by atoms with Gasteiger partial charge in [0.25, 0.3) is 8.32 Å². The smallest absolute Gasteiger partial charge is 0.324 e. The Bertz CT molecular complexity index is 684. The lowest BCUT2D eigenvalue weighted by Crippen LogP contribution is -2.42. The monoisotopic (exact) mass is 302 g/mol. The van der Waals surface area contributed by atoms with Gasteiger partial charge in [-0.1, -0.05) is 32.9 Å². The highest BCUT2D eigenvalue weighted by Gasteiger charge is 2.40. The van der Waals surface area contributed by atoms with Gasteiger partial charge in [-0.2, -0.15) is 0 Å². The zero-order chi connectivity index (χ0) is 15.8. The summed E-state index contributed by atoms with van der Waals surface area (Å²) in [5.74, 6) is -0.0457. The molecule has 0 saturated heterocycles. The summed E-state index contributed by atoms with van der Waals surface area (Å²) in [5, 5.41) is 11.3. The Kier molecular flexibility index (Phi) is 3.85. The van der Waals surface area contributed by atoms with Crippen molar-refractivity contribution in [1.82, 2.24) is 0 Å².